The second kappa shape index (κ2) is 5.67. The van der Waals surface area contributed by atoms with Crippen molar-refractivity contribution in [2.24, 2.45) is 11.3 Å². The molecule has 0 spiro atoms. The molecule has 0 amide bonds. The van der Waals surface area contributed by atoms with Crippen LogP contribution in [-0.2, 0) is 4.79 Å². The van der Waals surface area contributed by atoms with Gasteiger partial charge >= 0.3 is 5.97 Å². The lowest BCUT2D eigenvalue weighted by Crippen LogP contribution is -2.59. The van der Waals surface area contributed by atoms with Crippen LogP contribution in [0.4, 0.5) is 0 Å². The van der Waals surface area contributed by atoms with Crippen LogP contribution in [0.15, 0.2) is 0 Å². The maximum Gasteiger partial charge on any atom is 0.323 e. The molecule has 2 fully saturated rings. The molecule has 20 heavy (non-hydrogen) atoms. The largest absolute Gasteiger partial charge is 0.480 e. The van der Waals surface area contributed by atoms with Gasteiger partial charge in [-0.05, 0) is 69.7 Å². The number of carboxylic acid groups (broad SMARTS) is 1. The van der Waals surface area contributed by atoms with Gasteiger partial charge in [0.15, 0.2) is 0 Å². The number of carbonyl (C=O) groups is 1. The van der Waals surface area contributed by atoms with Crippen molar-refractivity contribution in [3.05, 3.63) is 0 Å². The second-order valence-corrected chi connectivity index (χ2v) is 8.10. The minimum absolute atomic E-state index is 0.392. The molecular weight excluding hydrogens is 250 g/mol. The van der Waals surface area contributed by atoms with Crippen molar-refractivity contribution in [2.75, 3.05) is 6.54 Å². The van der Waals surface area contributed by atoms with E-state index in [0.29, 0.717) is 11.5 Å². The summed E-state index contributed by atoms with van der Waals surface area (Å²) in [7, 11) is 0. The van der Waals surface area contributed by atoms with Crippen LogP contribution in [0.1, 0.15) is 72.6 Å². The van der Waals surface area contributed by atoms with Crippen LogP contribution in [0, 0.1) is 11.3 Å². The highest BCUT2D eigenvalue weighted by Crippen LogP contribution is 2.41. The van der Waals surface area contributed by atoms with Crippen molar-refractivity contribution in [1.82, 2.24) is 4.90 Å². The number of likely N-dealkylation sites (tertiary alicyclic amines) is 1. The molecule has 1 N–H and O–H groups in total. The predicted octanol–water partition coefficient (Wildman–Crippen LogP) is 3.92. The average Bonchev–Trinajstić information content (AvgIpc) is 2.38. The predicted molar refractivity (Wildman–Crippen MR) is 81.8 cm³/mol. The van der Waals surface area contributed by atoms with Gasteiger partial charge in [0.05, 0.1) is 0 Å². The Morgan fingerprint density at radius 2 is 1.75 bits per heavy atom. The summed E-state index contributed by atoms with van der Waals surface area (Å²) in [5.41, 5.74) is -0.236. The third-order valence-corrected chi connectivity index (χ3v) is 5.77. The first-order chi connectivity index (χ1) is 9.25. The van der Waals surface area contributed by atoms with Crippen LogP contribution in [0.25, 0.3) is 0 Å². The topological polar surface area (TPSA) is 40.5 Å². The summed E-state index contributed by atoms with van der Waals surface area (Å²) >= 11 is 0. The lowest BCUT2D eigenvalue weighted by molar-refractivity contribution is -0.156. The maximum atomic E-state index is 11.7. The highest BCUT2D eigenvalue weighted by molar-refractivity contribution is 5.78. The van der Waals surface area contributed by atoms with Crippen LogP contribution >= 0.6 is 0 Å². The number of hydrogen-bond donors (Lipinski definition) is 1. The summed E-state index contributed by atoms with van der Waals surface area (Å²) in [5.74, 6) is 0.162. The van der Waals surface area contributed by atoms with Crippen molar-refractivity contribution < 1.29 is 9.90 Å². The minimum atomic E-state index is -0.629. The maximum absolute atomic E-state index is 11.7. The van der Waals surface area contributed by atoms with E-state index in [1.807, 2.05) is 6.92 Å². The zero-order valence-electron chi connectivity index (χ0n) is 13.6. The molecule has 0 aromatic carbocycles. The van der Waals surface area contributed by atoms with E-state index in [0.717, 1.165) is 31.7 Å². The molecule has 3 nitrogen and oxygen atoms in total. The molecule has 0 aromatic heterocycles. The van der Waals surface area contributed by atoms with E-state index in [1.54, 1.807) is 0 Å². The van der Waals surface area contributed by atoms with E-state index >= 15 is 0 Å². The van der Waals surface area contributed by atoms with Gasteiger partial charge in [0.1, 0.15) is 5.54 Å². The average molecular weight is 281 g/mol. The SMILES string of the molecule is CC(C)(C)C1CCC(N2CCCCC2(C)C(=O)O)CC1. The fraction of sp³-hybridized carbons (Fsp3) is 0.941. The van der Waals surface area contributed by atoms with Crippen LogP contribution < -0.4 is 0 Å². The Bertz CT molecular complexity index is 352. The molecule has 3 heteroatoms. The minimum Gasteiger partial charge on any atom is -0.480 e. The number of aliphatic carboxylic acids is 1. The van der Waals surface area contributed by atoms with Gasteiger partial charge in [-0.15, -0.1) is 0 Å². The zero-order valence-corrected chi connectivity index (χ0v) is 13.6. The van der Waals surface area contributed by atoms with Crippen molar-refractivity contribution >= 4 is 5.97 Å². The van der Waals surface area contributed by atoms with E-state index < -0.39 is 11.5 Å². The van der Waals surface area contributed by atoms with Crippen molar-refractivity contribution in [1.29, 1.82) is 0 Å². The molecule has 1 saturated heterocycles. The number of hydrogen-bond acceptors (Lipinski definition) is 2. The molecular formula is C17H31NO2. The van der Waals surface area contributed by atoms with E-state index in [1.165, 1.54) is 25.7 Å². The van der Waals surface area contributed by atoms with E-state index in [-0.39, 0.29) is 0 Å². The van der Waals surface area contributed by atoms with Crippen molar-refractivity contribution in [2.45, 2.75) is 84.2 Å². The first kappa shape index (κ1) is 15.8. The van der Waals surface area contributed by atoms with Crippen LogP contribution in [0.2, 0.25) is 0 Å². The molecule has 2 aliphatic rings. The fourth-order valence-corrected chi connectivity index (χ4v) is 4.21. The van der Waals surface area contributed by atoms with Gasteiger partial charge in [-0.3, -0.25) is 9.69 Å². The number of carboxylic acids is 1. The van der Waals surface area contributed by atoms with Gasteiger partial charge < -0.3 is 5.11 Å². The van der Waals surface area contributed by atoms with E-state index in [2.05, 4.69) is 25.7 Å². The fourth-order valence-electron chi connectivity index (χ4n) is 4.21. The van der Waals surface area contributed by atoms with Crippen LogP contribution in [-0.4, -0.2) is 34.1 Å². The molecule has 1 saturated carbocycles. The first-order valence-corrected chi connectivity index (χ1v) is 8.25. The summed E-state index contributed by atoms with van der Waals surface area (Å²) in [6.45, 7) is 9.90. The Morgan fingerprint density at radius 1 is 1.15 bits per heavy atom. The number of piperidine rings is 1. The molecule has 1 unspecified atom stereocenters. The normalized spacial score (nSPS) is 36.8. The molecule has 0 aromatic rings. The lowest BCUT2D eigenvalue weighted by Gasteiger charge is -2.49. The van der Waals surface area contributed by atoms with Crippen LogP contribution in [0.3, 0.4) is 0 Å². The molecule has 2 rings (SSSR count). The Morgan fingerprint density at radius 3 is 2.25 bits per heavy atom. The highest BCUT2D eigenvalue weighted by atomic mass is 16.4. The number of nitrogens with zero attached hydrogens (tertiary/aromatic N) is 1. The first-order valence-electron chi connectivity index (χ1n) is 8.25. The third kappa shape index (κ3) is 3.03. The molecule has 1 aliphatic heterocycles. The zero-order chi connectivity index (χ0) is 15.0. The van der Waals surface area contributed by atoms with Gasteiger partial charge in [0, 0.05) is 6.04 Å². The van der Waals surface area contributed by atoms with Gasteiger partial charge in [-0.25, -0.2) is 0 Å². The number of rotatable bonds is 2. The smallest absolute Gasteiger partial charge is 0.323 e. The van der Waals surface area contributed by atoms with E-state index in [9.17, 15) is 9.90 Å². The van der Waals surface area contributed by atoms with E-state index in [4.69, 9.17) is 0 Å². The quantitative estimate of drug-likeness (QED) is 0.834. The van der Waals surface area contributed by atoms with Gasteiger partial charge in [-0.2, -0.15) is 0 Å². The highest BCUT2D eigenvalue weighted by Gasteiger charge is 2.45. The molecule has 0 radical (unpaired) electrons. The summed E-state index contributed by atoms with van der Waals surface area (Å²) in [6.07, 6.45) is 7.86. The standard InChI is InChI=1S/C17H31NO2/c1-16(2,3)13-7-9-14(10-8-13)18-12-6-5-11-17(18,4)15(19)20/h13-14H,5-12H2,1-4H3,(H,19,20). The van der Waals surface area contributed by atoms with Gasteiger partial charge in [0.2, 0.25) is 0 Å². The van der Waals surface area contributed by atoms with Gasteiger partial charge in [-0.1, -0.05) is 20.8 Å². The molecule has 1 heterocycles. The van der Waals surface area contributed by atoms with Gasteiger partial charge in [0.25, 0.3) is 0 Å². The molecule has 116 valence electrons. The molecule has 1 aliphatic carbocycles. The Labute approximate surface area is 123 Å². The monoisotopic (exact) mass is 281 g/mol. The summed E-state index contributed by atoms with van der Waals surface area (Å²) in [6, 6.07) is 0.481. The Hall–Kier alpha value is -0.570. The van der Waals surface area contributed by atoms with Crippen LogP contribution in [0.5, 0.6) is 0 Å². The summed E-state index contributed by atoms with van der Waals surface area (Å²) in [4.78, 5) is 14.0. The molecule has 1 atom stereocenters. The summed E-state index contributed by atoms with van der Waals surface area (Å²) < 4.78 is 0. The van der Waals surface area contributed by atoms with Crippen molar-refractivity contribution in [3.63, 3.8) is 0 Å². The Balaban J connectivity index is 2.03. The Kier molecular flexibility index (Phi) is 4.48. The second-order valence-electron chi connectivity index (χ2n) is 8.10. The lowest BCUT2D eigenvalue weighted by atomic mass is 9.70. The summed E-state index contributed by atoms with van der Waals surface area (Å²) in [5, 5.41) is 9.64. The van der Waals surface area contributed by atoms with Crippen molar-refractivity contribution in [3.8, 4) is 0 Å². The molecule has 0 bridgehead atoms. The third-order valence-electron chi connectivity index (χ3n) is 5.77.